The zero-order valence-corrected chi connectivity index (χ0v) is 20.2. The Balaban J connectivity index is 1.61. The van der Waals surface area contributed by atoms with Crippen LogP contribution in [0.2, 0.25) is 0 Å². The van der Waals surface area contributed by atoms with E-state index in [4.69, 9.17) is 9.73 Å². The topological polar surface area (TPSA) is 78.9 Å². The van der Waals surface area contributed by atoms with Crippen LogP contribution in [0.1, 0.15) is 35.5 Å². The molecule has 35 heavy (non-hydrogen) atoms. The highest BCUT2D eigenvalue weighted by Gasteiger charge is 2.56. The maximum atomic E-state index is 14.7. The van der Waals surface area contributed by atoms with Crippen LogP contribution in [0.3, 0.4) is 0 Å². The Bertz CT molecular complexity index is 1180. The van der Waals surface area contributed by atoms with Crippen LogP contribution >= 0.6 is 11.3 Å². The Labute approximate surface area is 205 Å². The number of carbonyl (C=O) groups is 1. The molecule has 1 aromatic carbocycles. The third-order valence-electron chi connectivity index (χ3n) is 6.75. The quantitative estimate of drug-likeness (QED) is 0.588. The maximum absolute atomic E-state index is 14.7. The van der Waals surface area contributed by atoms with E-state index in [2.05, 4.69) is 15.6 Å². The summed E-state index contributed by atoms with van der Waals surface area (Å²) in [6.07, 6.45) is 2.22. The molecule has 0 bridgehead atoms. The minimum Gasteiger partial charge on any atom is -0.463 e. The summed E-state index contributed by atoms with van der Waals surface area (Å²) in [5.41, 5.74) is 1.48. The predicted octanol–water partition coefficient (Wildman–Crippen LogP) is 3.18. The molecule has 7 nitrogen and oxygen atoms in total. The molecule has 11 heteroatoms. The smallest absolute Gasteiger partial charge is 0.338 e. The van der Waals surface area contributed by atoms with Crippen molar-refractivity contribution in [3.8, 4) is 0 Å². The molecule has 2 aromatic rings. The SMILES string of the molecule is CCOC(=O)C1=C(CN2CC(F)(F)[C@@H]3NCC[C@@H]32)NC(c2nccs2)=N[C@H]1c1cccc(F)c1C. The van der Waals surface area contributed by atoms with Gasteiger partial charge in [0.05, 0.1) is 24.8 Å². The van der Waals surface area contributed by atoms with Crippen molar-refractivity contribution in [2.75, 3.05) is 26.2 Å². The van der Waals surface area contributed by atoms with Crippen LogP contribution in [-0.2, 0) is 9.53 Å². The van der Waals surface area contributed by atoms with Crippen molar-refractivity contribution in [3.63, 3.8) is 0 Å². The van der Waals surface area contributed by atoms with Gasteiger partial charge in [0.25, 0.3) is 5.92 Å². The lowest BCUT2D eigenvalue weighted by atomic mass is 9.92. The molecule has 3 aliphatic heterocycles. The maximum Gasteiger partial charge on any atom is 0.338 e. The van der Waals surface area contributed by atoms with E-state index in [0.717, 1.165) is 0 Å². The van der Waals surface area contributed by atoms with Gasteiger partial charge in [0.2, 0.25) is 0 Å². The third-order valence-corrected chi connectivity index (χ3v) is 7.53. The monoisotopic (exact) mass is 505 g/mol. The summed E-state index contributed by atoms with van der Waals surface area (Å²) in [4.78, 5) is 24.0. The molecule has 0 spiro atoms. The van der Waals surface area contributed by atoms with Crippen molar-refractivity contribution in [1.82, 2.24) is 20.5 Å². The van der Waals surface area contributed by atoms with Gasteiger partial charge in [-0.1, -0.05) is 12.1 Å². The lowest BCUT2D eigenvalue weighted by Gasteiger charge is -2.31. The Morgan fingerprint density at radius 1 is 1.37 bits per heavy atom. The summed E-state index contributed by atoms with van der Waals surface area (Å²) in [6.45, 7) is 3.60. The Morgan fingerprint density at radius 3 is 2.94 bits per heavy atom. The Morgan fingerprint density at radius 2 is 2.20 bits per heavy atom. The molecule has 1 aromatic heterocycles. The minimum absolute atomic E-state index is 0.0713. The first-order chi connectivity index (χ1) is 16.8. The Kier molecular flexibility index (Phi) is 6.41. The van der Waals surface area contributed by atoms with Crippen LogP contribution in [0.25, 0.3) is 0 Å². The summed E-state index contributed by atoms with van der Waals surface area (Å²) in [7, 11) is 0. The molecule has 3 atom stereocenters. The summed E-state index contributed by atoms with van der Waals surface area (Å²) in [5.74, 6) is -3.51. The van der Waals surface area contributed by atoms with Crippen LogP contribution < -0.4 is 10.6 Å². The molecule has 2 fully saturated rings. The lowest BCUT2D eigenvalue weighted by molar-refractivity contribution is -0.139. The summed E-state index contributed by atoms with van der Waals surface area (Å²) in [5, 5.41) is 8.48. The molecular weight excluding hydrogens is 479 g/mol. The number of esters is 1. The molecule has 0 radical (unpaired) electrons. The molecule has 0 unspecified atom stereocenters. The number of thiazole rings is 1. The Hall–Kier alpha value is -2.76. The van der Waals surface area contributed by atoms with Crippen molar-refractivity contribution in [2.24, 2.45) is 4.99 Å². The van der Waals surface area contributed by atoms with Crippen molar-refractivity contribution in [1.29, 1.82) is 0 Å². The van der Waals surface area contributed by atoms with Crippen molar-refractivity contribution >= 4 is 23.1 Å². The van der Waals surface area contributed by atoms with E-state index in [9.17, 15) is 18.0 Å². The number of benzene rings is 1. The lowest BCUT2D eigenvalue weighted by Crippen LogP contribution is -2.43. The van der Waals surface area contributed by atoms with Gasteiger partial charge in [-0.25, -0.2) is 22.9 Å². The average Bonchev–Trinajstić information content (AvgIpc) is 3.56. The van der Waals surface area contributed by atoms with Gasteiger partial charge in [-0.3, -0.25) is 9.89 Å². The van der Waals surface area contributed by atoms with E-state index in [1.165, 1.54) is 17.4 Å². The highest BCUT2D eigenvalue weighted by molar-refractivity contribution is 7.11. The number of aromatic nitrogens is 1. The largest absolute Gasteiger partial charge is 0.463 e. The zero-order valence-electron chi connectivity index (χ0n) is 19.4. The summed E-state index contributed by atoms with van der Waals surface area (Å²) in [6, 6.07) is 2.47. The standard InChI is InChI=1S/C24H26F3N5O2S/c1-3-34-23(33)18-16(11-32-12-24(26,27)20-17(32)7-8-28-20)30-21(22-29-9-10-35-22)31-19(18)14-5-4-6-15(25)13(14)2/h4-6,9-10,17,19-20,28H,3,7-8,11-12H2,1-2H3,(H,30,31)/t17-,19-,20+/m0/s1. The number of halogens is 3. The van der Waals surface area contributed by atoms with E-state index in [0.29, 0.717) is 40.6 Å². The molecule has 4 heterocycles. The number of aliphatic imine (C=N–C) groups is 1. The third kappa shape index (κ3) is 4.36. The first-order valence-corrected chi connectivity index (χ1v) is 12.4. The molecule has 2 N–H and O–H groups in total. The molecule has 0 aliphatic carbocycles. The second kappa shape index (κ2) is 9.36. The van der Waals surface area contributed by atoms with Gasteiger partial charge in [0.15, 0.2) is 10.8 Å². The van der Waals surface area contributed by atoms with E-state index in [1.54, 1.807) is 42.5 Å². The summed E-state index contributed by atoms with van der Waals surface area (Å²) < 4.78 is 49.3. The van der Waals surface area contributed by atoms with Crippen LogP contribution in [-0.4, -0.2) is 65.9 Å². The van der Waals surface area contributed by atoms with E-state index < -0.39 is 36.3 Å². The van der Waals surface area contributed by atoms with E-state index in [-0.39, 0.29) is 24.8 Å². The molecule has 5 rings (SSSR count). The zero-order chi connectivity index (χ0) is 24.7. The number of hydrogen-bond donors (Lipinski definition) is 2. The van der Waals surface area contributed by atoms with Crippen molar-refractivity contribution < 1.29 is 22.7 Å². The average molecular weight is 506 g/mol. The summed E-state index contributed by atoms with van der Waals surface area (Å²) >= 11 is 1.35. The number of likely N-dealkylation sites (tertiary alicyclic amines) is 1. The molecule has 3 aliphatic rings. The van der Waals surface area contributed by atoms with Gasteiger partial charge in [0.1, 0.15) is 11.9 Å². The highest BCUT2D eigenvalue weighted by Crippen LogP contribution is 2.39. The first kappa shape index (κ1) is 24.0. The fourth-order valence-corrected chi connectivity index (χ4v) is 5.73. The normalized spacial score (nSPS) is 25.9. The molecule has 2 saturated heterocycles. The van der Waals surface area contributed by atoms with E-state index >= 15 is 0 Å². The number of ether oxygens (including phenoxy) is 1. The first-order valence-electron chi connectivity index (χ1n) is 11.5. The fraction of sp³-hybridized carbons (Fsp3) is 0.458. The van der Waals surface area contributed by atoms with Crippen LogP contribution in [0.4, 0.5) is 13.2 Å². The van der Waals surface area contributed by atoms with Gasteiger partial charge < -0.3 is 15.4 Å². The second-order valence-electron chi connectivity index (χ2n) is 8.86. The number of amidine groups is 1. The number of hydrogen-bond acceptors (Lipinski definition) is 8. The van der Waals surface area contributed by atoms with Gasteiger partial charge in [0, 0.05) is 29.9 Å². The van der Waals surface area contributed by atoms with Crippen LogP contribution in [0.15, 0.2) is 46.0 Å². The number of carbonyl (C=O) groups excluding carboxylic acids is 1. The number of nitrogens with zero attached hydrogens (tertiary/aromatic N) is 3. The van der Waals surface area contributed by atoms with E-state index in [1.807, 2.05) is 0 Å². The van der Waals surface area contributed by atoms with Gasteiger partial charge in [-0.05, 0) is 44.0 Å². The van der Waals surface area contributed by atoms with Crippen LogP contribution in [0.5, 0.6) is 0 Å². The van der Waals surface area contributed by atoms with Crippen molar-refractivity contribution in [2.45, 2.75) is 44.3 Å². The number of fused-ring (bicyclic) bond motifs is 1. The number of rotatable bonds is 6. The van der Waals surface area contributed by atoms with Gasteiger partial charge >= 0.3 is 5.97 Å². The van der Waals surface area contributed by atoms with Gasteiger partial charge in [-0.15, -0.1) is 11.3 Å². The molecular formula is C24H26F3N5O2S. The number of alkyl halides is 2. The minimum atomic E-state index is -2.88. The fourth-order valence-electron chi connectivity index (χ4n) is 5.14. The highest BCUT2D eigenvalue weighted by atomic mass is 32.1. The molecule has 0 saturated carbocycles. The molecule has 0 amide bonds. The molecule has 186 valence electrons. The number of nitrogens with one attached hydrogen (secondary N) is 2. The van der Waals surface area contributed by atoms with Gasteiger partial charge in [-0.2, -0.15) is 0 Å². The second-order valence-corrected chi connectivity index (χ2v) is 9.76. The predicted molar refractivity (Wildman–Crippen MR) is 126 cm³/mol. The van der Waals surface area contributed by atoms with Crippen molar-refractivity contribution in [3.05, 3.63) is 63.0 Å². The van der Waals surface area contributed by atoms with Crippen LogP contribution in [0, 0.1) is 12.7 Å².